The molecule has 5 nitrogen and oxygen atoms in total. The monoisotopic (exact) mass is 269 g/mol. The van der Waals surface area contributed by atoms with Crippen LogP contribution in [0.2, 0.25) is 0 Å². The second-order valence-electron chi connectivity index (χ2n) is 4.58. The maximum Gasteiger partial charge on any atom is 0.141 e. The molecule has 0 fully saturated rings. The molecule has 0 aromatic carbocycles. The summed E-state index contributed by atoms with van der Waals surface area (Å²) < 4.78 is 0. The predicted molar refractivity (Wildman–Crippen MR) is 81.0 cm³/mol. The third-order valence-electron chi connectivity index (χ3n) is 3.01. The van der Waals surface area contributed by atoms with Gasteiger partial charge in [0.1, 0.15) is 17.3 Å². The van der Waals surface area contributed by atoms with E-state index in [4.69, 9.17) is 11.1 Å². The average Bonchev–Trinajstić information content (AvgIpc) is 2.45. The lowest BCUT2D eigenvalue weighted by molar-refractivity contribution is 0.790. The standard InChI is InChI=1S/C15H19N5/c1-3-20(10-12-7-4-6-11(2)18-12)14-9-5-8-13(19-14)15(16)17/h4-9H,3,10H2,1-2H3,(H3,16,17). The maximum atomic E-state index is 7.46. The van der Waals surface area contributed by atoms with Crippen LogP contribution in [-0.4, -0.2) is 22.3 Å². The fraction of sp³-hybridized carbons (Fsp3) is 0.267. The van der Waals surface area contributed by atoms with E-state index in [0.717, 1.165) is 23.8 Å². The minimum Gasteiger partial charge on any atom is -0.382 e. The SMILES string of the molecule is CCN(Cc1cccc(C)n1)c1cccc(C(=N)N)n1. The Morgan fingerprint density at radius 1 is 1.20 bits per heavy atom. The molecule has 0 unspecified atom stereocenters. The van der Waals surface area contributed by atoms with E-state index in [0.29, 0.717) is 12.2 Å². The molecule has 0 atom stereocenters. The van der Waals surface area contributed by atoms with Crippen LogP contribution in [-0.2, 0) is 6.54 Å². The molecule has 0 radical (unpaired) electrons. The Morgan fingerprint density at radius 3 is 2.60 bits per heavy atom. The fourth-order valence-electron chi connectivity index (χ4n) is 1.99. The molecule has 2 aromatic rings. The van der Waals surface area contributed by atoms with Crippen molar-refractivity contribution in [1.29, 1.82) is 5.41 Å². The van der Waals surface area contributed by atoms with Crippen molar-refractivity contribution in [3.8, 4) is 0 Å². The number of hydrogen-bond donors (Lipinski definition) is 2. The molecule has 0 aliphatic heterocycles. The lowest BCUT2D eigenvalue weighted by atomic mass is 10.2. The van der Waals surface area contributed by atoms with E-state index in [1.807, 2.05) is 37.3 Å². The van der Waals surface area contributed by atoms with Gasteiger partial charge in [0.25, 0.3) is 0 Å². The Hall–Kier alpha value is -2.43. The van der Waals surface area contributed by atoms with E-state index in [1.54, 1.807) is 6.07 Å². The Labute approximate surface area is 119 Å². The molecular weight excluding hydrogens is 250 g/mol. The zero-order chi connectivity index (χ0) is 14.5. The number of aromatic nitrogens is 2. The molecule has 0 bridgehead atoms. The molecule has 0 spiro atoms. The number of nitrogen functional groups attached to an aromatic ring is 1. The Bertz CT molecular complexity index is 609. The van der Waals surface area contributed by atoms with Crippen molar-refractivity contribution in [2.45, 2.75) is 20.4 Å². The van der Waals surface area contributed by atoms with Gasteiger partial charge in [0.15, 0.2) is 0 Å². The number of nitrogens with two attached hydrogens (primary N) is 1. The Morgan fingerprint density at radius 2 is 1.95 bits per heavy atom. The minimum atomic E-state index is -0.0171. The highest BCUT2D eigenvalue weighted by molar-refractivity contribution is 5.93. The number of aryl methyl sites for hydroxylation is 1. The largest absolute Gasteiger partial charge is 0.382 e. The normalized spacial score (nSPS) is 10.3. The van der Waals surface area contributed by atoms with E-state index in [-0.39, 0.29) is 5.84 Å². The van der Waals surface area contributed by atoms with Gasteiger partial charge in [-0.05, 0) is 38.1 Å². The van der Waals surface area contributed by atoms with Crippen LogP contribution in [0, 0.1) is 12.3 Å². The van der Waals surface area contributed by atoms with Crippen LogP contribution in [0.5, 0.6) is 0 Å². The minimum absolute atomic E-state index is 0.0171. The van der Waals surface area contributed by atoms with Crippen molar-refractivity contribution < 1.29 is 0 Å². The van der Waals surface area contributed by atoms with Gasteiger partial charge in [0.05, 0.1) is 12.2 Å². The van der Waals surface area contributed by atoms with Crippen LogP contribution in [0.4, 0.5) is 5.82 Å². The summed E-state index contributed by atoms with van der Waals surface area (Å²) in [5.41, 5.74) is 7.99. The van der Waals surface area contributed by atoms with Crippen molar-refractivity contribution in [1.82, 2.24) is 9.97 Å². The van der Waals surface area contributed by atoms with Gasteiger partial charge in [-0.2, -0.15) is 0 Å². The molecular formula is C15H19N5. The van der Waals surface area contributed by atoms with Crippen LogP contribution in [0.3, 0.4) is 0 Å². The third-order valence-corrected chi connectivity index (χ3v) is 3.01. The highest BCUT2D eigenvalue weighted by atomic mass is 15.2. The molecule has 5 heteroatoms. The highest BCUT2D eigenvalue weighted by Gasteiger charge is 2.09. The van der Waals surface area contributed by atoms with E-state index in [1.165, 1.54) is 0 Å². The van der Waals surface area contributed by atoms with E-state index < -0.39 is 0 Å². The van der Waals surface area contributed by atoms with Gasteiger partial charge in [-0.1, -0.05) is 12.1 Å². The summed E-state index contributed by atoms with van der Waals surface area (Å²) in [6.07, 6.45) is 0. The van der Waals surface area contributed by atoms with Crippen LogP contribution >= 0.6 is 0 Å². The summed E-state index contributed by atoms with van der Waals surface area (Å²) in [6.45, 7) is 5.54. The number of nitrogens with zero attached hydrogens (tertiary/aromatic N) is 3. The zero-order valence-electron chi connectivity index (χ0n) is 11.8. The summed E-state index contributed by atoms with van der Waals surface area (Å²) >= 11 is 0. The van der Waals surface area contributed by atoms with Crippen LogP contribution in [0.25, 0.3) is 0 Å². The van der Waals surface area contributed by atoms with Crippen molar-refractivity contribution in [2.24, 2.45) is 5.73 Å². The molecule has 0 saturated heterocycles. The molecule has 0 aliphatic rings. The summed E-state index contributed by atoms with van der Waals surface area (Å²) in [5, 5.41) is 7.46. The molecule has 2 rings (SSSR count). The van der Waals surface area contributed by atoms with Gasteiger partial charge in [-0.3, -0.25) is 10.4 Å². The van der Waals surface area contributed by atoms with E-state index in [9.17, 15) is 0 Å². The molecule has 2 heterocycles. The third kappa shape index (κ3) is 3.32. The molecule has 0 aliphatic carbocycles. The van der Waals surface area contributed by atoms with Crippen LogP contribution in [0.1, 0.15) is 24.0 Å². The first-order chi connectivity index (χ1) is 9.60. The summed E-state index contributed by atoms with van der Waals surface area (Å²) in [7, 11) is 0. The van der Waals surface area contributed by atoms with Gasteiger partial charge in [-0.15, -0.1) is 0 Å². The second-order valence-corrected chi connectivity index (χ2v) is 4.58. The Kier molecular flexibility index (Phi) is 4.30. The van der Waals surface area contributed by atoms with Gasteiger partial charge in [0.2, 0.25) is 0 Å². The van der Waals surface area contributed by atoms with E-state index >= 15 is 0 Å². The zero-order valence-corrected chi connectivity index (χ0v) is 11.8. The summed E-state index contributed by atoms with van der Waals surface area (Å²) in [5.74, 6) is 0.792. The van der Waals surface area contributed by atoms with Gasteiger partial charge >= 0.3 is 0 Å². The maximum absolute atomic E-state index is 7.46. The van der Waals surface area contributed by atoms with Crippen LogP contribution < -0.4 is 10.6 Å². The lowest BCUT2D eigenvalue weighted by Crippen LogP contribution is -2.25. The molecule has 0 saturated carbocycles. The molecule has 0 amide bonds. The molecule has 2 aromatic heterocycles. The van der Waals surface area contributed by atoms with Gasteiger partial charge < -0.3 is 10.6 Å². The smallest absolute Gasteiger partial charge is 0.141 e. The van der Waals surface area contributed by atoms with Crippen LogP contribution in [0.15, 0.2) is 36.4 Å². The van der Waals surface area contributed by atoms with Crippen molar-refractivity contribution in [3.63, 3.8) is 0 Å². The number of amidine groups is 1. The fourth-order valence-corrected chi connectivity index (χ4v) is 1.99. The first-order valence-corrected chi connectivity index (χ1v) is 6.59. The summed E-state index contributed by atoms with van der Waals surface area (Å²) in [4.78, 5) is 11.0. The van der Waals surface area contributed by atoms with Gasteiger partial charge in [-0.25, -0.2) is 4.98 Å². The van der Waals surface area contributed by atoms with Crippen molar-refractivity contribution in [2.75, 3.05) is 11.4 Å². The quantitative estimate of drug-likeness (QED) is 0.643. The molecule has 3 N–H and O–H groups in total. The first kappa shape index (κ1) is 14.0. The molecule has 104 valence electrons. The first-order valence-electron chi connectivity index (χ1n) is 6.59. The predicted octanol–water partition coefficient (Wildman–Crippen LogP) is 2.10. The number of nitrogens with one attached hydrogen (secondary N) is 1. The number of hydrogen-bond acceptors (Lipinski definition) is 4. The topological polar surface area (TPSA) is 78.9 Å². The number of pyridine rings is 2. The highest BCUT2D eigenvalue weighted by Crippen LogP contribution is 2.14. The second kappa shape index (κ2) is 6.14. The Balaban J connectivity index is 2.24. The van der Waals surface area contributed by atoms with Gasteiger partial charge in [0, 0.05) is 12.2 Å². The average molecular weight is 269 g/mol. The summed E-state index contributed by atoms with van der Waals surface area (Å²) in [6, 6.07) is 11.5. The van der Waals surface area contributed by atoms with Crippen molar-refractivity contribution in [3.05, 3.63) is 53.5 Å². The lowest BCUT2D eigenvalue weighted by Gasteiger charge is -2.22. The number of anilines is 1. The number of rotatable bonds is 5. The van der Waals surface area contributed by atoms with E-state index in [2.05, 4.69) is 21.8 Å². The van der Waals surface area contributed by atoms with Crippen molar-refractivity contribution >= 4 is 11.7 Å². The molecule has 20 heavy (non-hydrogen) atoms.